The van der Waals surface area contributed by atoms with Crippen LogP contribution >= 0.6 is 0 Å². The van der Waals surface area contributed by atoms with Gasteiger partial charge in [-0.1, -0.05) is 12.1 Å². The van der Waals surface area contributed by atoms with E-state index in [4.69, 9.17) is 4.74 Å². The summed E-state index contributed by atoms with van der Waals surface area (Å²) in [6.07, 6.45) is 0. The number of hydrogen-bond acceptors (Lipinski definition) is 4. The Morgan fingerprint density at radius 1 is 1.29 bits per heavy atom. The summed E-state index contributed by atoms with van der Waals surface area (Å²) in [5.41, 5.74) is 0.998. The van der Waals surface area contributed by atoms with Crippen LogP contribution < -0.4 is 10.1 Å². The molecule has 0 saturated heterocycles. The van der Waals surface area contributed by atoms with Crippen LogP contribution in [0.3, 0.4) is 0 Å². The van der Waals surface area contributed by atoms with Crippen molar-refractivity contribution in [1.29, 1.82) is 0 Å². The number of nitrogens with one attached hydrogen (secondary N) is 1. The number of aryl methyl sites for hydroxylation is 1. The van der Waals surface area contributed by atoms with Crippen LogP contribution in [0.4, 0.5) is 10.1 Å². The summed E-state index contributed by atoms with van der Waals surface area (Å²) in [5.74, 6) is -0.0573. The molecule has 0 fully saturated rings. The van der Waals surface area contributed by atoms with Gasteiger partial charge >= 0.3 is 5.69 Å². The second-order valence-corrected chi connectivity index (χ2v) is 4.58. The second kappa shape index (κ2) is 6.32. The molecular weight excluding hydrogens is 275 g/mol. The van der Waals surface area contributed by atoms with E-state index in [0.717, 1.165) is 5.56 Å². The summed E-state index contributed by atoms with van der Waals surface area (Å²) in [4.78, 5) is 10.5. The maximum absolute atomic E-state index is 13.8. The molecule has 0 aliphatic heterocycles. The summed E-state index contributed by atoms with van der Waals surface area (Å²) in [6.45, 7) is 2.07. The first-order valence-corrected chi connectivity index (χ1v) is 6.38. The van der Waals surface area contributed by atoms with E-state index < -0.39 is 10.7 Å². The molecule has 0 spiro atoms. The lowest BCUT2D eigenvalue weighted by molar-refractivity contribution is -0.385. The zero-order chi connectivity index (χ0) is 15.4. The molecule has 0 bridgehead atoms. The third-order valence-electron chi connectivity index (χ3n) is 2.96. The average Bonchev–Trinajstić information content (AvgIpc) is 2.42. The van der Waals surface area contributed by atoms with Gasteiger partial charge in [0.2, 0.25) is 5.75 Å². The lowest BCUT2D eigenvalue weighted by Crippen LogP contribution is -2.08. The molecule has 110 valence electrons. The number of hydrogen-bond donors (Lipinski definition) is 1. The van der Waals surface area contributed by atoms with Crippen molar-refractivity contribution in [3.8, 4) is 11.5 Å². The third-order valence-corrected chi connectivity index (χ3v) is 2.96. The van der Waals surface area contributed by atoms with Gasteiger partial charge in [0, 0.05) is 18.2 Å². The zero-order valence-electron chi connectivity index (χ0n) is 11.7. The van der Waals surface area contributed by atoms with Gasteiger partial charge in [0.1, 0.15) is 11.6 Å². The number of halogens is 1. The minimum Gasteiger partial charge on any atom is -0.450 e. The van der Waals surface area contributed by atoms with E-state index in [9.17, 15) is 14.5 Å². The van der Waals surface area contributed by atoms with Crippen LogP contribution in [-0.2, 0) is 6.54 Å². The van der Waals surface area contributed by atoms with Crippen molar-refractivity contribution < 1.29 is 14.1 Å². The van der Waals surface area contributed by atoms with Gasteiger partial charge in [0.15, 0.2) is 0 Å². The first kappa shape index (κ1) is 14.9. The molecule has 0 aliphatic rings. The number of rotatable bonds is 5. The Kier molecular flexibility index (Phi) is 4.49. The summed E-state index contributed by atoms with van der Waals surface area (Å²) in [7, 11) is 1.69. The van der Waals surface area contributed by atoms with Crippen LogP contribution in [0.2, 0.25) is 0 Å². The molecule has 2 aromatic rings. The zero-order valence-corrected chi connectivity index (χ0v) is 11.7. The highest BCUT2D eigenvalue weighted by atomic mass is 19.1. The Morgan fingerprint density at radius 2 is 2.05 bits per heavy atom. The Bertz CT molecular complexity index is 674. The van der Waals surface area contributed by atoms with E-state index in [1.165, 1.54) is 18.2 Å². The van der Waals surface area contributed by atoms with Gasteiger partial charge in [0.05, 0.1) is 4.92 Å². The quantitative estimate of drug-likeness (QED) is 0.675. The molecule has 0 unspecified atom stereocenters. The van der Waals surface area contributed by atoms with Crippen LogP contribution in [0.25, 0.3) is 0 Å². The minimum absolute atomic E-state index is 0.1000. The molecule has 0 radical (unpaired) electrons. The van der Waals surface area contributed by atoms with Gasteiger partial charge in [-0.3, -0.25) is 10.1 Å². The van der Waals surface area contributed by atoms with Gasteiger partial charge in [-0.25, -0.2) is 4.39 Å². The molecule has 0 amide bonds. The molecule has 2 aromatic carbocycles. The number of ether oxygens (including phenoxy) is 1. The molecule has 5 nitrogen and oxygen atoms in total. The summed E-state index contributed by atoms with van der Waals surface area (Å²) in [5, 5.41) is 13.9. The average molecular weight is 290 g/mol. The molecule has 0 aromatic heterocycles. The van der Waals surface area contributed by atoms with Crippen LogP contribution in [0, 0.1) is 22.9 Å². The van der Waals surface area contributed by atoms with E-state index in [2.05, 4.69) is 5.32 Å². The molecule has 0 heterocycles. The van der Waals surface area contributed by atoms with Crippen molar-refractivity contribution in [2.75, 3.05) is 7.05 Å². The molecule has 0 aliphatic carbocycles. The monoisotopic (exact) mass is 290 g/mol. The topological polar surface area (TPSA) is 64.4 Å². The fourth-order valence-electron chi connectivity index (χ4n) is 1.96. The summed E-state index contributed by atoms with van der Waals surface area (Å²) < 4.78 is 19.4. The van der Waals surface area contributed by atoms with Crippen molar-refractivity contribution in [1.82, 2.24) is 5.32 Å². The fourth-order valence-corrected chi connectivity index (χ4v) is 1.96. The maximum Gasteiger partial charge on any atom is 0.311 e. The van der Waals surface area contributed by atoms with Crippen molar-refractivity contribution in [3.05, 3.63) is 63.5 Å². The van der Waals surface area contributed by atoms with Crippen molar-refractivity contribution >= 4 is 5.69 Å². The van der Waals surface area contributed by atoms with E-state index in [1.807, 2.05) is 0 Å². The highest BCUT2D eigenvalue weighted by Gasteiger charge is 2.18. The Hall–Kier alpha value is -2.47. The molecule has 1 N–H and O–H groups in total. The van der Waals surface area contributed by atoms with Crippen molar-refractivity contribution in [3.63, 3.8) is 0 Å². The largest absolute Gasteiger partial charge is 0.450 e. The van der Waals surface area contributed by atoms with Gasteiger partial charge in [-0.05, 0) is 37.7 Å². The molecule has 0 saturated carbocycles. The molecule has 2 rings (SSSR count). The van der Waals surface area contributed by atoms with E-state index in [1.54, 1.807) is 32.2 Å². The van der Waals surface area contributed by atoms with Gasteiger partial charge in [-0.15, -0.1) is 0 Å². The SMILES string of the molecule is CNCc1c(F)cccc1Oc1cc(C)ccc1[N+](=O)[O-]. The van der Waals surface area contributed by atoms with Crippen LogP contribution in [0.1, 0.15) is 11.1 Å². The minimum atomic E-state index is -0.522. The number of nitro groups is 1. The Labute approximate surface area is 121 Å². The fraction of sp³-hybridized carbons (Fsp3) is 0.200. The van der Waals surface area contributed by atoms with E-state index >= 15 is 0 Å². The normalized spacial score (nSPS) is 10.4. The standard InChI is InChI=1S/C15H15FN2O3/c1-10-6-7-13(18(19)20)15(8-10)21-14-5-3-4-12(16)11(14)9-17-2/h3-8,17H,9H2,1-2H3. The smallest absolute Gasteiger partial charge is 0.311 e. The van der Waals surface area contributed by atoms with Gasteiger partial charge in [0.25, 0.3) is 0 Å². The first-order valence-electron chi connectivity index (χ1n) is 6.38. The lowest BCUT2D eigenvalue weighted by Gasteiger charge is -2.12. The highest BCUT2D eigenvalue weighted by Crippen LogP contribution is 2.34. The molecule has 21 heavy (non-hydrogen) atoms. The molecule has 0 atom stereocenters. The van der Waals surface area contributed by atoms with Gasteiger partial charge in [-0.2, -0.15) is 0 Å². The number of benzene rings is 2. The van der Waals surface area contributed by atoms with Crippen molar-refractivity contribution in [2.24, 2.45) is 0 Å². The first-order chi connectivity index (χ1) is 10.0. The maximum atomic E-state index is 13.8. The van der Waals surface area contributed by atoms with E-state index in [0.29, 0.717) is 5.56 Å². The predicted octanol–water partition coefficient (Wildman–Crippen LogP) is 3.55. The second-order valence-electron chi connectivity index (χ2n) is 4.58. The van der Waals surface area contributed by atoms with E-state index in [-0.39, 0.29) is 23.7 Å². The van der Waals surface area contributed by atoms with Gasteiger partial charge < -0.3 is 10.1 Å². The predicted molar refractivity (Wildman–Crippen MR) is 77.1 cm³/mol. The highest BCUT2D eigenvalue weighted by molar-refractivity contribution is 5.51. The lowest BCUT2D eigenvalue weighted by atomic mass is 10.1. The summed E-state index contributed by atoms with van der Waals surface area (Å²) in [6, 6.07) is 8.98. The van der Waals surface area contributed by atoms with Crippen LogP contribution in [0.15, 0.2) is 36.4 Å². The molecular formula is C15H15FN2O3. The Morgan fingerprint density at radius 3 is 2.71 bits per heavy atom. The van der Waals surface area contributed by atoms with Crippen LogP contribution in [-0.4, -0.2) is 12.0 Å². The summed E-state index contributed by atoms with van der Waals surface area (Å²) >= 11 is 0. The molecule has 6 heteroatoms. The Balaban J connectivity index is 2.45. The number of nitrogens with zero attached hydrogens (tertiary/aromatic N) is 1. The third kappa shape index (κ3) is 3.35. The van der Waals surface area contributed by atoms with Crippen molar-refractivity contribution in [2.45, 2.75) is 13.5 Å². The number of nitro benzene ring substituents is 1. The van der Waals surface area contributed by atoms with Crippen LogP contribution in [0.5, 0.6) is 11.5 Å².